The van der Waals surface area contributed by atoms with Gasteiger partial charge in [-0.1, -0.05) is 27.2 Å². The van der Waals surface area contributed by atoms with E-state index < -0.39 is 0 Å². The van der Waals surface area contributed by atoms with Crippen LogP contribution in [0.5, 0.6) is 0 Å². The highest BCUT2D eigenvalue weighted by molar-refractivity contribution is 4.86. The Morgan fingerprint density at radius 3 is 2.47 bits per heavy atom. The summed E-state index contributed by atoms with van der Waals surface area (Å²) < 4.78 is 0. The fraction of sp³-hybridized carbons (Fsp3) is 1.00. The van der Waals surface area contributed by atoms with Gasteiger partial charge in [0, 0.05) is 12.6 Å². The summed E-state index contributed by atoms with van der Waals surface area (Å²) in [7, 11) is 2.14. The molecular weight excluding hydrogens is 232 g/mol. The van der Waals surface area contributed by atoms with Crippen molar-refractivity contribution in [1.29, 1.82) is 0 Å². The first-order valence-electron chi connectivity index (χ1n) is 8.40. The van der Waals surface area contributed by atoms with Crippen LogP contribution in [0.3, 0.4) is 0 Å². The predicted molar refractivity (Wildman–Crippen MR) is 83.4 cm³/mol. The maximum Gasteiger partial charge on any atom is 0.0104 e. The van der Waals surface area contributed by atoms with Gasteiger partial charge >= 0.3 is 0 Å². The molecule has 2 rings (SSSR count). The summed E-state index contributed by atoms with van der Waals surface area (Å²) in [4.78, 5) is 2.76. The molecule has 0 spiro atoms. The van der Waals surface area contributed by atoms with E-state index in [1.165, 1.54) is 58.2 Å². The van der Waals surface area contributed by atoms with Gasteiger partial charge in [0.25, 0.3) is 0 Å². The second-order valence-electron chi connectivity index (χ2n) is 7.88. The molecule has 1 aliphatic carbocycles. The lowest BCUT2D eigenvalue weighted by atomic mass is 9.77. The summed E-state index contributed by atoms with van der Waals surface area (Å²) in [5.41, 5.74) is 0.497. The molecule has 1 saturated heterocycles. The van der Waals surface area contributed by atoms with Gasteiger partial charge in [-0.15, -0.1) is 0 Å². The number of nitrogens with zero attached hydrogens (tertiary/aromatic N) is 1. The van der Waals surface area contributed by atoms with Gasteiger partial charge in [0.05, 0.1) is 0 Å². The lowest BCUT2D eigenvalue weighted by molar-refractivity contribution is 0.194. The van der Waals surface area contributed by atoms with E-state index in [0.29, 0.717) is 5.41 Å². The van der Waals surface area contributed by atoms with Crippen LogP contribution in [-0.4, -0.2) is 37.6 Å². The van der Waals surface area contributed by atoms with Crippen LogP contribution < -0.4 is 5.32 Å². The summed E-state index contributed by atoms with van der Waals surface area (Å²) in [6, 6.07) is 0.779. The van der Waals surface area contributed by atoms with E-state index in [1.807, 2.05) is 0 Å². The van der Waals surface area contributed by atoms with Crippen LogP contribution in [0, 0.1) is 17.3 Å². The van der Waals surface area contributed by atoms with Crippen molar-refractivity contribution in [2.75, 3.05) is 26.7 Å². The highest BCUT2D eigenvalue weighted by Crippen LogP contribution is 2.35. The van der Waals surface area contributed by atoms with Crippen LogP contribution in [0.1, 0.15) is 59.3 Å². The van der Waals surface area contributed by atoms with Crippen LogP contribution in [0.25, 0.3) is 0 Å². The Kier molecular flexibility index (Phi) is 5.30. The van der Waals surface area contributed by atoms with Crippen LogP contribution in [0.15, 0.2) is 0 Å². The van der Waals surface area contributed by atoms with Gasteiger partial charge < -0.3 is 10.2 Å². The zero-order chi connectivity index (χ0) is 13.9. The number of hydrogen-bond acceptors (Lipinski definition) is 2. The molecule has 0 aromatic rings. The van der Waals surface area contributed by atoms with Crippen molar-refractivity contribution in [3.63, 3.8) is 0 Å². The molecule has 2 nitrogen and oxygen atoms in total. The lowest BCUT2D eigenvalue weighted by Gasteiger charge is -2.30. The number of nitrogens with one attached hydrogen (secondary N) is 1. The molecule has 3 unspecified atom stereocenters. The molecule has 1 N–H and O–H groups in total. The van der Waals surface area contributed by atoms with Crippen LogP contribution in [0.2, 0.25) is 0 Å². The molecule has 2 heteroatoms. The topological polar surface area (TPSA) is 15.3 Å². The minimum Gasteiger partial charge on any atom is -0.317 e. The zero-order valence-corrected chi connectivity index (χ0v) is 13.5. The van der Waals surface area contributed by atoms with Gasteiger partial charge in [-0.25, -0.2) is 0 Å². The molecule has 2 aliphatic rings. The van der Waals surface area contributed by atoms with E-state index >= 15 is 0 Å². The average Bonchev–Trinajstić information content (AvgIpc) is 2.63. The van der Waals surface area contributed by atoms with Crippen molar-refractivity contribution < 1.29 is 0 Å². The number of likely N-dealkylation sites (tertiary alicyclic amines) is 1. The monoisotopic (exact) mass is 266 g/mol. The van der Waals surface area contributed by atoms with Crippen LogP contribution in [-0.2, 0) is 0 Å². The molecule has 3 atom stereocenters. The van der Waals surface area contributed by atoms with Gasteiger partial charge in [0.1, 0.15) is 0 Å². The minimum absolute atomic E-state index is 0.497. The maximum absolute atomic E-state index is 3.53. The largest absolute Gasteiger partial charge is 0.317 e. The fourth-order valence-corrected chi connectivity index (χ4v) is 4.17. The first kappa shape index (κ1) is 15.3. The van der Waals surface area contributed by atoms with Gasteiger partial charge in [0.2, 0.25) is 0 Å². The SMILES string of the molecule is CNC1CCCC1CN1CCCC(C(C)(C)C)CC1. The summed E-state index contributed by atoms with van der Waals surface area (Å²) in [6.45, 7) is 11.3. The average molecular weight is 266 g/mol. The molecule has 1 aliphatic heterocycles. The minimum atomic E-state index is 0.497. The molecule has 0 bridgehead atoms. The summed E-state index contributed by atoms with van der Waals surface area (Å²) in [5, 5.41) is 3.53. The zero-order valence-electron chi connectivity index (χ0n) is 13.5. The van der Waals surface area contributed by atoms with Gasteiger partial charge in [-0.2, -0.15) is 0 Å². The van der Waals surface area contributed by atoms with Gasteiger partial charge in [-0.3, -0.25) is 0 Å². The highest BCUT2D eigenvalue weighted by Gasteiger charge is 2.30. The standard InChI is InChI=1S/C17H34N2/c1-17(2,3)15-8-6-11-19(12-10-15)13-14-7-5-9-16(14)18-4/h14-16,18H,5-13H2,1-4H3. The Hall–Kier alpha value is -0.0800. The van der Waals surface area contributed by atoms with Crippen molar-refractivity contribution in [2.24, 2.45) is 17.3 Å². The fourth-order valence-electron chi connectivity index (χ4n) is 4.17. The van der Waals surface area contributed by atoms with E-state index in [4.69, 9.17) is 0 Å². The normalized spacial score (nSPS) is 34.4. The Morgan fingerprint density at radius 1 is 1.00 bits per heavy atom. The van der Waals surface area contributed by atoms with Gasteiger partial charge in [-0.05, 0) is 69.5 Å². The van der Waals surface area contributed by atoms with Crippen LogP contribution >= 0.6 is 0 Å². The predicted octanol–water partition coefficient (Wildman–Crippen LogP) is 3.52. The number of rotatable bonds is 3. The third kappa shape index (κ3) is 4.19. The third-order valence-electron chi connectivity index (χ3n) is 5.57. The summed E-state index contributed by atoms with van der Waals surface area (Å²) in [5.74, 6) is 1.82. The van der Waals surface area contributed by atoms with Crippen molar-refractivity contribution in [3.8, 4) is 0 Å². The Bertz CT molecular complexity index is 269. The van der Waals surface area contributed by atoms with Crippen molar-refractivity contribution in [3.05, 3.63) is 0 Å². The van der Waals surface area contributed by atoms with Crippen molar-refractivity contribution >= 4 is 0 Å². The van der Waals surface area contributed by atoms with Crippen molar-refractivity contribution in [2.45, 2.75) is 65.3 Å². The molecule has 0 amide bonds. The molecule has 19 heavy (non-hydrogen) atoms. The first-order chi connectivity index (χ1) is 9.00. The van der Waals surface area contributed by atoms with E-state index in [0.717, 1.165) is 17.9 Å². The molecular formula is C17H34N2. The molecule has 2 fully saturated rings. The lowest BCUT2D eigenvalue weighted by Crippen LogP contribution is -2.38. The quantitative estimate of drug-likeness (QED) is 0.841. The molecule has 0 radical (unpaired) electrons. The Balaban J connectivity index is 1.82. The molecule has 112 valence electrons. The van der Waals surface area contributed by atoms with E-state index in [-0.39, 0.29) is 0 Å². The molecule has 1 heterocycles. The van der Waals surface area contributed by atoms with Crippen molar-refractivity contribution in [1.82, 2.24) is 10.2 Å². The van der Waals surface area contributed by atoms with E-state index in [2.05, 4.69) is 38.0 Å². The Morgan fingerprint density at radius 2 is 1.79 bits per heavy atom. The smallest absolute Gasteiger partial charge is 0.0104 e. The molecule has 1 saturated carbocycles. The summed E-state index contributed by atoms with van der Waals surface area (Å²) in [6.07, 6.45) is 8.48. The Labute approximate surface area is 120 Å². The first-order valence-corrected chi connectivity index (χ1v) is 8.40. The third-order valence-corrected chi connectivity index (χ3v) is 5.57. The van der Waals surface area contributed by atoms with E-state index in [1.54, 1.807) is 0 Å². The second kappa shape index (κ2) is 6.58. The molecule has 0 aromatic carbocycles. The number of hydrogen-bond donors (Lipinski definition) is 1. The summed E-state index contributed by atoms with van der Waals surface area (Å²) >= 11 is 0. The highest BCUT2D eigenvalue weighted by atomic mass is 15.1. The molecule has 0 aromatic heterocycles. The van der Waals surface area contributed by atoms with E-state index in [9.17, 15) is 0 Å². The van der Waals surface area contributed by atoms with Crippen LogP contribution in [0.4, 0.5) is 0 Å². The van der Waals surface area contributed by atoms with Gasteiger partial charge in [0.15, 0.2) is 0 Å². The second-order valence-corrected chi connectivity index (χ2v) is 7.88. The maximum atomic E-state index is 3.53.